The van der Waals surface area contributed by atoms with Crippen molar-refractivity contribution in [3.05, 3.63) is 47.5 Å². The molecular formula is C13H14N2O4. The minimum Gasteiger partial charge on any atom is -0.481 e. The zero-order valence-corrected chi connectivity index (χ0v) is 10.4. The molecule has 0 aliphatic rings. The molecule has 0 aromatic carbocycles. The van der Waals surface area contributed by atoms with Crippen LogP contribution >= 0.6 is 0 Å². The molecule has 0 fully saturated rings. The van der Waals surface area contributed by atoms with Gasteiger partial charge in [0.1, 0.15) is 5.76 Å². The Morgan fingerprint density at radius 3 is 2.79 bits per heavy atom. The van der Waals surface area contributed by atoms with Crippen LogP contribution in [0.25, 0.3) is 0 Å². The molecule has 19 heavy (non-hydrogen) atoms. The molecule has 0 radical (unpaired) electrons. The molecule has 6 nitrogen and oxygen atoms in total. The Morgan fingerprint density at radius 1 is 1.37 bits per heavy atom. The molecule has 2 heterocycles. The lowest BCUT2D eigenvalue weighted by atomic mass is 10.3. The molecule has 0 amide bonds. The van der Waals surface area contributed by atoms with E-state index in [4.69, 9.17) is 14.3 Å². The summed E-state index contributed by atoms with van der Waals surface area (Å²) in [6.07, 6.45) is 1.72. The summed E-state index contributed by atoms with van der Waals surface area (Å²) in [6, 6.07) is 6.77. The van der Waals surface area contributed by atoms with Crippen molar-refractivity contribution in [3.8, 4) is 5.88 Å². The number of methoxy groups -OCH3 is 1. The summed E-state index contributed by atoms with van der Waals surface area (Å²) in [6.45, 7) is 1.07. The van der Waals surface area contributed by atoms with E-state index in [1.165, 1.54) is 6.07 Å². The van der Waals surface area contributed by atoms with Gasteiger partial charge in [0.2, 0.25) is 11.6 Å². The number of aromatic carboxylic acids is 1. The first-order valence-corrected chi connectivity index (χ1v) is 5.70. The standard InChI is InChI=1S/C13H14N2O4/c1-18-12-5-2-9(7-15-12)6-14-8-10-3-4-11(19-10)13(16)17/h2-5,7,14H,6,8H2,1H3,(H,16,17). The Balaban J connectivity index is 1.83. The molecule has 2 N–H and O–H groups in total. The lowest BCUT2D eigenvalue weighted by Crippen LogP contribution is -2.12. The molecule has 100 valence electrons. The summed E-state index contributed by atoms with van der Waals surface area (Å²) in [5.41, 5.74) is 1.01. The van der Waals surface area contributed by atoms with Crippen LogP contribution in [0.4, 0.5) is 0 Å². The quantitative estimate of drug-likeness (QED) is 0.823. The van der Waals surface area contributed by atoms with Gasteiger partial charge in [-0.2, -0.15) is 0 Å². The number of furan rings is 1. The molecule has 2 aromatic heterocycles. The van der Waals surface area contributed by atoms with Crippen LogP contribution in [0.15, 0.2) is 34.9 Å². The predicted octanol–water partition coefficient (Wildman–Crippen LogP) is 1.67. The third-order valence-electron chi connectivity index (χ3n) is 2.51. The number of rotatable bonds is 6. The Kier molecular flexibility index (Phi) is 4.15. The summed E-state index contributed by atoms with van der Waals surface area (Å²) >= 11 is 0. The maximum absolute atomic E-state index is 10.6. The summed E-state index contributed by atoms with van der Waals surface area (Å²) in [7, 11) is 1.57. The smallest absolute Gasteiger partial charge is 0.371 e. The van der Waals surface area contributed by atoms with E-state index in [9.17, 15) is 4.79 Å². The normalized spacial score (nSPS) is 10.4. The number of carboxylic acid groups (broad SMARTS) is 1. The second-order valence-corrected chi connectivity index (χ2v) is 3.88. The van der Waals surface area contributed by atoms with Gasteiger partial charge in [0.05, 0.1) is 13.7 Å². The summed E-state index contributed by atoms with van der Waals surface area (Å²) < 4.78 is 10.1. The molecule has 6 heteroatoms. The molecule has 0 saturated carbocycles. The molecule has 0 spiro atoms. The van der Waals surface area contributed by atoms with E-state index in [0.717, 1.165) is 5.56 Å². The van der Waals surface area contributed by atoms with Gasteiger partial charge in [0.25, 0.3) is 0 Å². The maximum Gasteiger partial charge on any atom is 0.371 e. The molecule has 0 atom stereocenters. The molecule has 0 unspecified atom stereocenters. The van der Waals surface area contributed by atoms with Crippen LogP contribution in [0.2, 0.25) is 0 Å². The van der Waals surface area contributed by atoms with Gasteiger partial charge in [-0.25, -0.2) is 9.78 Å². The van der Waals surface area contributed by atoms with Crippen LogP contribution < -0.4 is 10.1 Å². The number of nitrogens with zero attached hydrogens (tertiary/aromatic N) is 1. The average Bonchev–Trinajstić information content (AvgIpc) is 2.89. The van der Waals surface area contributed by atoms with Crippen molar-refractivity contribution in [1.29, 1.82) is 0 Å². The topological polar surface area (TPSA) is 84.6 Å². The summed E-state index contributed by atoms with van der Waals surface area (Å²) in [5, 5.41) is 11.9. The predicted molar refractivity (Wildman–Crippen MR) is 67.0 cm³/mol. The van der Waals surface area contributed by atoms with E-state index in [-0.39, 0.29) is 5.76 Å². The van der Waals surface area contributed by atoms with Crippen LogP contribution in [0.1, 0.15) is 21.9 Å². The van der Waals surface area contributed by atoms with Gasteiger partial charge >= 0.3 is 5.97 Å². The van der Waals surface area contributed by atoms with E-state index < -0.39 is 5.97 Å². The number of hydrogen-bond acceptors (Lipinski definition) is 5. The van der Waals surface area contributed by atoms with Crippen molar-refractivity contribution < 1.29 is 19.1 Å². The van der Waals surface area contributed by atoms with Crippen molar-refractivity contribution in [3.63, 3.8) is 0 Å². The van der Waals surface area contributed by atoms with Gasteiger partial charge in [0.15, 0.2) is 0 Å². The molecule has 2 aromatic rings. The highest BCUT2D eigenvalue weighted by Gasteiger charge is 2.08. The zero-order valence-electron chi connectivity index (χ0n) is 10.4. The highest BCUT2D eigenvalue weighted by atomic mass is 16.5. The van der Waals surface area contributed by atoms with Gasteiger partial charge in [-0.1, -0.05) is 6.07 Å². The molecule has 0 aliphatic carbocycles. The first-order valence-electron chi connectivity index (χ1n) is 5.70. The van der Waals surface area contributed by atoms with Crippen LogP contribution in [0.5, 0.6) is 5.88 Å². The first kappa shape index (κ1) is 13.1. The lowest BCUT2D eigenvalue weighted by molar-refractivity contribution is 0.0660. The summed E-state index contributed by atoms with van der Waals surface area (Å²) in [4.78, 5) is 14.7. The Labute approximate surface area is 110 Å². The number of hydrogen-bond donors (Lipinski definition) is 2. The van der Waals surface area contributed by atoms with E-state index in [0.29, 0.717) is 24.7 Å². The van der Waals surface area contributed by atoms with Crippen molar-refractivity contribution in [2.45, 2.75) is 13.1 Å². The van der Waals surface area contributed by atoms with E-state index in [2.05, 4.69) is 10.3 Å². The monoisotopic (exact) mass is 262 g/mol. The maximum atomic E-state index is 10.6. The molecule has 2 rings (SSSR count). The largest absolute Gasteiger partial charge is 0.481 e. The minimum atomic E-state index is -1.06. The minimum absolute atomic E-state index is 0.0529. The van der Waals surface area contributed by atoms with Crippen molar-refractivity contribution >= 4 is 5.97 Å². The molecular weight excluding hydrogens is 248 g/mol. The SMILES string of the molecule is COc1ccc(CNCc2ccc(C(=O)O)o2)cn1. The Bertz CT molecular complexity index is 548. The Morgan fingerprint density at radius 2 is 2.21 bits per heavy atom. The number of aromatic nitrogens is 1. The second-order valence-electron chi connectivity index (χ2n) is 3.88. The van der Waals surface area contributed by atoms with Crippen molar-refractivity contribution in [2.24, 2.45) is 0 Å². The molecule has 0 bridgehead atoms. The number of carboxylic acids is 1. The van der Waals surface area contributed by atoms with Gasteiger partial charge in [-0.15, -0.1) is 0 Å². The summed E-state index contributed by atoms with van der Waals surface area (Å²) in [5.74, 6) is 0.0354. The van der Waals surface area contributed by atoms with E-state index >= 15 is 0 Å². The highest BCUT2D eigenvalue weighted by molar-refractivity contribution is 5.84. The Hall–Kier alpha value is -2.34. The van der Waals surface area contributed by atoms with Gasteiger partial charge in [-0.05, 0) is 17.7 Å². The fraction of sp³-hybridized carbons (Fsp3) is 0.231. The fourth-order valence-corrected chi connectivity index (χ4v) is 1.55. The van der Waals surface area contributed by atoms with Crippen LogP contribution in [0, 0.1) is 0 Å². The second kappa shape index (κ2) is 6.01. The number of ether oxygens (including phenoxy) is 1. The third kappa shape index (κ3) is 3.56. The zero-order chi connectivity index (χ0) is 13.7. The molecule has 0 aliphatic heterocycles. The highest BCUT2D eigenvalue weighted by Crippen LogP contribution is 2.09. The van der Waals surface area contributed by atoms with Gasteiger partial charge in [0, 0.05) is 18.8 Å². The third-order valence-corrected chi connectivity index (χ3v) is 2.51. The van der Waals surface area contributed by atoms with E-state index in [1.54, 1.807) is 25.4 Å². The fourth-order valence-electron chi connectivity index (χ4n) is 1.55. The van der Waals surface area contributed by atoms with Crippen LogP contribution in [0.3, 0.4) is 0 Å². The van der Waals surface area contributed by atoms with E-state index in [1.807, 2.05) is 6.07 Å². The van der Waals surface area contributed by atoms with Crippen LogP contribution in [-0.2, 0) is 13.1 Å². The van der Waals surface area contributed by atoms with Gasteiger partial charge < -0.3 is 19.6 Å². The number of nitrogens with one attached hydrogen (secondary N) is 1. The van der Waals surface area contributed by atoms with Gasteiger partial charge in [-0.3, -0.25) is 0 Å². The lowest BCUT2D eigenvalue weighted by Gasteiger charge is -2.03. The van der Waals surface area contributed by atoms with Crippen LogP contribution in [-0.4, -0.2) is 23.2 Å². The first-order chi connectivity index (χ1) is 9.19. The number of carbonyl (C=O) groups is 1. The average molecular weight is 262 g/mol. The number of pyridine rings is 1. The van der Waals surface area contributed by atoms with Crippen molar-refractivity contribution in [2.75, 3.05) is 7.11 Å². The van der Waals surface area contributed by atoms with Crippen molar-refractivity contribution in [1.82, 2.24) is 10.3 Å². The molecule has 0 saturated heterocycles.